The van der Waals surface area contributed by atoms with Crippen LogP contribution in [0.5, 0.6) is 0 Å². The number of pyridine rings is 1. The molecule has 62 heavy (non-hydrogen) atoms. The summed E-state index contributed by atoms with van der Waals surface area (Å²) in [5.74, 6) is 0.464. The predicted molar refractivity (Wildman–Crippen MR) is 186 cm³/mol. The van der Waals surface area contributed by atoms with Gasteiger partial charge in [0.05, 0.1) is 34.0 Å². The van der Waals surface area contributed by atoms with E-state index in [1.807, 2.05) is 12.1 Å². The van der Waals surface area contributed by atoms with Gasteiger partial charge in [-0.2, -0.15) is 94.3 Å². The molecular formula is C40H22F12IrN9-3. The minimum atomic E-state index is -4.51. The summed E-state index contributed by atoms with van der Waals surface area (Å²) in [4.78, 5) is 4.02. The third-order valence-corrected chi connectivity index (χ3v) is 8.02. The molecule has 4 aromatic carbocycles. The molecule has 0 bridgehead atoms. The van der Waals surface area contributed by atoms with Gasteiger partial charge in [-0.1, -0.05) is 41.5 Å². The molecule has 4 aromatic heterocycles. The van der Waals surface area contributed by atoms with Gasteiger partial charge >= 0.3 is 24.7 Å². The smallest absolute Gasteiger partial charge is 0.329 e. The first-order chi connectivity index (χ1) is 28.8. The Bertz CT molecular complexity index is 2380. The van der Waals surface area contributed by atoms with Crippen molar-refractivity contribution in [1.29, 1.82) is 0 Å². The molecule has 0 fully saturated rings. The summed E-state index contributed by atoms with van der Waals surface area (Å²) in [5, 5.41) is 14.0. The third-order valence-electron chi connectivity index (χ3n) is 8.02. The molecule has 0 amide bonds. The standard InChI is InChI=1S/2C17H9F6N2.C6H4N5.Ir/c2*18-16(19,20)12-3-1-5-14(9-12)24-7-8-25(11-24)15-6-2-4-13(10-15)17(21,22)23;1-2-4-7-5(3-1)6-8-10-11-9-6;/h2*1-5,7-10H;1-4H;/q3*-1;. The second kappa shape index (κ2) is 18.9. The van der Waals surface area contributed by atoms with E-state index in [1.54, 1.807) is 12.3 Å². The van der Waals surface area contributed by atoms with Crippen LogP contribution >= 0.6 is 0 Å². The van der Waals surface area contributed by atoms with Crippen molar-refractivity contribution in [3.63, 3.8) is 0 Å². The molecule has 0 N–H and O–H groups in total. The van der Waals surface area contributed by atoms with Crippen molar-refractivity contribution >= 4 is 0 Å². The average molecular weight is 1050 g/mol. The Labute approximate surface area is 355 Å². The molecule has 0 aliphatic carbocycles. The van der Waals surface area contributed by atoms with Crippen molar-refractivity contribution in [2.75, 3.05) is 0 Å². The second-order valence-electron chi connectivity index (χ2n) is 12.2. The maximum absolute atomic E-state index is 12.8. The van der Waals surface area contributed by atoms with E-state index < -0.39 is 47.0 Å². The van der Waals surface area contributed by atoms with E-state index in [2.05, 4.69) is 50.4 Å². The number of tetrazole rings is 1. The average Bonchev–Trinajstić information content (AvgIpc) is 4.05. The second-order valence-corrected chi connectivity index (χ2v) is 12.2. The van der Waals surface area contributed by atoms with Crippen LogP contribution in [0.2, 0.25) is 0 Å². The van der Waals surface area contributed by atoms with Crippen LogP contribution in [0, 0.1) is 24.8 Å². The molecule has 1 radical (unpaired) electrons. The summed E-state index contributed by atoms with van der Waals surface area (Å²) in [6.07, 6.45) is -5.44. The molecule has 22 heteroatoms. The van der Waals surface area contributed by atoms with Crippen molar-refractivity contribution in [1.82, 2.24) is 34.7 Å². The van der Waals surface area contributed by atoms with Crippen LogP contribution in [0.25, 0.3) is 34.3 Å². The van der Waals surface area contributed by atoms with Gasteiger partial charge in [0.15, 0.2) is 0 Å². The molecule has 0 aliphatic heterocycles. The van der Waals surface area contributed by atoms with Crippen molar-refractivity contribution in [2.24, 2.45) is 0 Å². The number of nitrogens with zero attached hydrogens (tertiary/aromatic N) is 9. The molecule has 9 nitrogen and oxygen atoms in total. The molecule has 0 saturated carbocycles. The summed E-state index contributed by atoms with van der Waals surface area (Å²) in [5.41, 5.74) is -2.17. The number of rotatable bonds is 5. The van der Waals surface area contributed by atoms with Crippen LogP contribution in [0.15, 0.2) is 134 Å². The molecule has 0 aliphatic rings. The van der Waals surface area contributed by atoms with E-state index in [0.29, 0.717) is 11.5 Å². The van der Waals surface area contributed by atoms with E-state index >= 15 is 0 Å². The van der Waals surface area contributed by atoms with Crippen LogP contribution in [0.4, 0.5) is 52.7 Å². The van der Waals surface area contributed by atoms with E-state index in [9.17, 15) is 52.7 Å². The number of imidazole rings is 2. The summed E-state index contributed by atoms with van der Waals surface area (Å²) in [7, 11) is 0. The number of alkyl halides is 12. The molecule has 0 unspecified atom stereocenters. The maximum atomic E-state index is 12.8. The van der Waals surface area contributed by atoms with Gasteiger partial charge < -0.3 is 14.2 Å². The number of hydrogen-bond acceptors (Lipinski definition) is 4. The Hall–Kier alpha value is -6.67. The molecule has 0 saturated heterocycles. The Balaban J connectivity index is 0.000000186. The fourth-order valence-electron chi connectivity index (χ4n) is 5.13. The largest absolute Gasteiger partial charge is 0.415 e. The first-order valence-electron chi connectivity index (χ1n) is 16.9. The summed E-state index contributed by atoms with van der Waals surface area (Å²) in [6, 6.07) is 25.6. The Morgan fingerprint density at radius 3 is 1.37 bits per heavy atom. The fraction of sp³-hybridized carbons (Fsp3) is 0.100. The summed E-state index contributed by atoms with van der Waals surface area (Å²) >= 11 is 0. The number of benzene rings is 4. The van der Waals surface area contributed by atoms with Crippen LogP contribution in [0.3, 0.4) is 0 Å². The van der Waals surface area contributed by atoms with Gasteiger partial charge in [-0.25, -0.2) is 0 Å². The van der Waals surface area contributed by atoms with Crippen molar-refractivity contribution in [2.45, 2.75) is 24.7 Å². The van der Waals surface area contributed by atoms with Gasteiger partial charge in [0, 0.05) is 51.1 Å². The van der Waals surface area contributed by atoms with E-state index in [-0.39, 0.29) is 42.9 Å². The van der Waals surface area contributed by atoms with Crippen LogP contribution in [0.1, 0.15) is 22.3 Å². The van der Waals surface area contributed by atoms with Crippen molar-refractivity contribution in [3.05, 3.63) is 181 Å². The first kappa shape index (κ1) is 46.4. The van der Waals surface area contributed by atoms with E-state index in [4.69, 9.17) is 0 Å². The maximum Gasteiger partial charge on any atom is 0.415 e. The zero-order valence-electron chi connectivity index (χ0n) is 30.6. The van der Waals surface area contributed by atoms with E-state index in [1.165, 1.54) is 67.3 Å². The van der Waals surface area contributed by atoms with Crippen molar-refractivity contribution in [3.8, 4) is 34.3 Å². The topological polar surface area (TPSA) is 83.3 Å². The molecule has 8 aromatic rings. The Morgan fingerprint density at radius 1 is 0.532 bits per heavy atom. The zero-order chi connectivity index (χ0) is 44.0. The molecule has 4 heterocycles. The predicted octanol–water partition coefficient (Wildman–Crippen LogP) is 8.67. The fourth-order valence-corrected chi connectivity index (χ4v) is 5.13. The van der Waals surface area contributed by atoms with Gasteiger partial charge in [0.2, 0.25) is 0 Å². The van der Waals surface area contributed by atoms with Gasteiger partial charge in [0.1, 0.15) is 0 Å². The van der Waals surface area contributed by atoms with Crippen LogP contribution in [-0.2, 0) is 44.8 Å². The molecule has 8 rings (SSSR count). The van der Waals surface area contributed by atoms with Gasteiger partial charge in [0.25, 0.3) is 12.7 Å². The van der Waals surface area contributed by atoms with Gasteiger partial charge in [-0.3, -0.25) is 24.4 Å². The zero-order valence-corrected chi connectivity index (χ0v) is 33.0. The number of hydrogen-bond donors (Lipinski definition) is 0. The summed E-state index contributed by atoms with van der Waals surface area (Å²) < 4.78 is 158. The third kappa shape index (κ3) is 12.0. The quantitative estimate of drug-likeness (QED) is 0.0980. The van der Waals surface area contributed by atoms with Gasteiger partial charge in [-0.05, 0) is 47.8 Å². The van der Waals surface area contributed by atoms with Gasteiger partial charge in [-0.15, -0.1) is 12.1 Å². The molecule has 0 atom stereocenters. The molecule has 0 spiro atoms. The Morgan fingerprint density at radius 2 is 0.984 bits per heavy atom. The monoisotopic (exact) mass is 1050 g/mol. The Kier molecular flexibility index (Phi) is 14.2. The molecular weight excluding hydrogens is 1030 g/mol. The molecule has 323 valence electrons. The van der Waals surface area contributed by atoms with Crippen molar-refractivity contribution < 1.29 is 81.9 Å². The first-order valence-corrected chi connectivity index (χ1v) is 16.9. The summed E-state index contributed by atoms with van der Waals surface area (Å²) in [6.45, 7) is 0. The number of aromatic nitrogens is 9. The van der Waals surface area contributed by atoms with Crippen LogP contribution in [-0.4, -0.2) is 29.6 Å². The minimum absolute atomic E-state index is 0. The minimum Gasteiger partial charge on any atom is -0.329 e. The normalized spacial score (nSPS) is 11.7. The van der Waals surface area contributed by atoms with Crippen LogP contribution < -0.4 is 14.2 Å². The number of halogens is 12. The van der Waals surface area contributed by atoms with E-state index in [0.717, 1.165) is 60.7 Å². The SMILES string of the molecule is FC(F)(F)c1cc[c-]c(-n2[c-][n+](-c3cccc(C(F)(F)F)c3)cc2)c1.FC(F)(F)c1cc[c-]c(-n2[c-][n+](-c3cccc(C(F)(F)F)c3)cc2)c1.[Ir].c1ccc(-c2nnn[n-]2)nc1.